The van der Waals surface area contributed by atoms with Gasteiger partial charge in [-0.05, 0) is 24.3 Å². The lowest BCUT2D eigenvalue weighted by molar-refractivity contribution is -0.0195. The van der Waals surface area contributed by atoms with E-state index >= 15 is 0 Å². The van der Waals surface area contributed by atoms with E-state index in [1.54, 1.807) is 36.0 Å². The minimum atomic E-state index is -0.129. The molecule has 0 spiro atoms. The van der Waals surface area contributed by atoms with E-state index < -0.39 is 0 Å². The predicted octanol–water partition coefficient (Wildman–Crippen LogP) is 2.23. The molecule has 2 fully saturated rings. The Bertz CT molecular complexity index is 1200. The Labute approximate surface area is 203 Å². The van der Waals surface area contributed by atoms with Crippen LogP contribution in [-0.2, 0) is 16.5 Å². The van der Waals surface area contributed by atoms with Crippen LogP contribution in [0.4, 0.5) is 17.5 Å². The van der Waals surface area contributed by atoms with Crippen LogP contribution in [0.15, 0.2) is 36.5 Å². The van der Waals surface area contributed by atoms with Crippen LogP contribution in [0.25, 0.3) is 11.3 Å². The number of aromatic nitrogens is 4. The van der Waals surface area contributed by atoms with Gasteiger partial charge in [0.05, 0.1) is 30.7 Å². The van der Waals surface area contributed by atoms with Crippen LogP contribution in [0.2, 0.25) is 0 Å². The number of ether oxygens (including phenoxy) is 3. The second-order valence-electron chi connectivity index (χ2n) is 8.68. The first-order valence-electron chi connectivity index (χ1n) is 11.6. The Hall–Kier alpha value is -3.70. The molecule has 0 bridgehead atoms. The number of carbonyl (C=O) groups is 1. The van der Waals surface area contributed by atoms with E-state index in [0.29, 0.717) is 60.9 Å². The number of hydrogen-bond donors (Lipinski definition) is 2. The number of likely N-dealkylation sites (tertiary alicyclic amines) is 1. The number of anilines is 3. The normalized spacial score (nSPS) is 16.7. The van der Waals surface area contributed by atoms with Crippen molar-refractivity contribution >= 4 is 23.4 Å². The number of nitrogen functional groups attached to an aromatic ring is 1. The monoisotopic (exact) mass is 479 g/mol. The van der Waals surface area contributed by atoms with Gasteiger partial charge in [0, 0.05) is 57.9 Å². The molecule has 5 rings (SSSR count). The third-order valence-electron chi connectivity index (χ3n) is 6.23. The average molecular weight is 480 g/mol. The maximum Gasteiger partial charge on any atom is 0.274 e. The number of nitrogens with two attached hydrogens (primary N) is 1. The van der Waals surface area contributed by atoms with Gasteiger partial charge in [0.2, 0.25) is 5.95 Å². The molecular formula is C24H29N7O4. The number of methoxy groups -OCH3 is 1. The zero-order valence-electron chi connectivity index (χ0n) is 19.8. The number of nitrogens with one attached hydrogen (secondary N) is 1. The smallest absolute Gasteiger partial charge is 0.274 e. The van der Waals surface area contributed by atoms with E-state index in [-0.39, 0.29) is 18.1 Å². The van der Waals surface area contributed by atoms with E-state index in [1.807, 2.05) is 24.3 Å². The molecule has 1 amide bonds. The van der Waals surface area contributed by atoms with Crippen molar-refractivity contribution < 1.29 is 19.0 Å². The molecule has 11 nitrogen and oxygen atoms in total. The standard InChI is InChI=1S/C24H29N7O4/c1-30-22(12-20(29-30)23(32)31-13-17(14-31)33-2)28-24-26-8-5-19(27-24)15-3-4-21(18(25)11-15)35-16-6-9-34-10-7-16/h3-5,8,11-12,16-17H,6-7,9-10,13-14,25H2,1-2H3,(H,26,27,28). The molecule has 35 heavy (non-hydrogen) atoms. The molecule has 3 N–H and O–H groups in total. The van der Waals surface area contributed by atoms with Crippen molar-refractivity contribution in [3.05, 3.63) is 42.2 Å². The zero-order valence-corrected chi connectivity index (χ0v) is 19.8. The van der Waals surface area contributed by atoms with Crippen LogP contribution >= 0.6 is 0 Å². The first kappa shape index (κ1) is 23.1. The Morgan fingerprint density at radius 3 is 2.71 bits per heavy atom. The van der Waals surface area contributed by atoms with Crippen LogP contribution in [0.3, 0.4) is 0 Å². The highest BCUT2D eigenvalue weighted by Crippen LogP contribution is 2.30. The van der Waals surface area contributed by atoms with Gasteiger partial charge in [-0.2, -0.15) is 5.10 Å². The minimum Gasteiger partial charge on any atom is -0.488 e. The van der Waals surface area contributed by atoms with E-state index in [4.69, 9.17) is 19.9 Å². The van der Waals surface area contributed by atoms with Crippen LogP contribution in [-0.4, -0.2) is 76.2 Å². The number of hydrogen-bond acceptors (Lipinski definition) is 9. The third-order valence-corrected chi connectivity index (χ3v) is 6.23. The summed E-state index contributed by atoms with van der Waals surface area (Å²) in [6, 6.07) is 9.16. The van der Waals surface area contributed by atoms with Crippen molar-refractivity contribution in [2.75, 3.05) is 44.5 Å². The van der Waals surface area contributed by atoms with Crippen molar-refractivity contribution in [2.24, 2.45) is 7.05 Å². The Balaban J connectivity index is 1.28. The molecule has 184 valence electrons. The van der Waals surface area contributed by atoms with Gasteiger partial charge in [-0.25, -0.2) is 9.97 Å². The fourth-order valence-corrected chi connectivity index (χ4v) is 4.09. The van der Waals surface area contributed by atoms with Gasteiger partial charge in [-0.3, -0.25) is 9.48 Å². The predicted molar refractivity (Wildman–Crippen MR) is 130 cm³/mol. The Kier molecular flexibility index (Phi) is 6.51. The minimum absolute atomic E-state index is 0.0907. The summed E-state index contributed by atoms with van der Waals surface area (Å²) in [6.45, 7) is 2.56. The molecule has 0 atom stereocenters. The van der Waals surface area contributed by atoms with E-state index in [0.717, 1.165) is 18.4 Å². The quantitative estimate of drug-likeness (QED) is 0.490. The van der Waals surface area contributed by atoms with Crippen molar-refractivity contribution in [3.63, 3.8) is 0 Å². The molecule has 2 aliphatic rings. The third kappa shape index (κ3) is 5.05. The summed E-state index contributed by atoms with van der Waals surface area (Å²) in [5.41, 5.74) is 8.74. The highest BCUT2D eigenvalue weighted by molar-refractivity contribution is 5.93. The van der Waals surface area contributed by atoms with E-state index in [2.05, 4.69) is 20.4 Å². The number of benzene rings is 1. The molecule has 0 saturated carbocycles. The first-order valence-corrected chi connectivity index (χ1v) is 11.6. The van der Waals surface area contributed by atoms with Crippen molar-refractivity contribution in [1.29, 1.82) is 0 Å². The molecule has 4 heterocycles. The molecule has 1 aromatic carbocycles. The molecule has 0 unspecified atom stereocenters. The van der Waals surface area contributed by atoms with Crippen LogP contribution in [0.1, 0.15) is 23.3 Å². The van der Waals surface area contributed by atoms with E-state index in [1.165, 1.54) is 0 Å². The van der Waals surface area contributed by atoms with Gasteiger partial charge in [-0.1, -0.05) is 0 Å². The van der Waals surface area contributed by atoms with Crippen LogP contribution in [0, 0.1) is 0 Å². The van der Waals surface area contributed by atoms with Gasteiger partial charge in [0.1, 0.15) is 17.7 Å². The molecule has 2 aromatic heterocycles. The number of carbonyl (C=O) groups excluding carboxylic acids is 1. The van der Waals surface area contributed by atoms with Gasteiger partial charge in [0.25, 0.3) is 5.91 Å². The van der Waals surface area contributed by atoms with Gasteiger partial charge in [0.15, 0.2) is 5.69 Å². The van der Waals surface area contributed by atoms with E-state index in [9.17, 15) is 4.79 Å². The molecule has 2 aliphatic heterocycles. The number of aryl methyl sites for hydroxylation is 1. The van der Waals surface area contributed by atoms with Crippen LogP contribution in [0.5, 0.6) is 5.75 Å². The second-order valence-corrected chi connectivity index (χ2v) is 8.68. The molecule has 11 heteroatoms. The summed E-state index contributed by atoms with van der Waals surface area (Å²) in [6.07, 6.45) is 3.59. The maximum absolute atomic E-state index is 12.6. The topological polar surface area (TPSA) is 130 Å². The highest BCUT2D eigenvalue weighted by atomic mass is 16.5. The number of nitrogens with zero attached hydrogens (tertiary/aromatic N) is 5. The lowest BCUT2D eigenvalue weighted by Gasteiger charge is -2.37. The molecule has 0 aliphatic carbocycles. The SMILES string of the molecule is COC1CN(C(=O)c2cc(Nc3nccc(-c4ccc(OC5CCOCC5)c(N)c4)n3)n(C)n2)C1. The van der Waals surface area contributed by atoms with Gasteiger partial charge >= 0.3 is 0 Å². The lowest BCUT2D eigenvalue weighted by atomic mass is 10.1. The van der Waals surface area contributed by atoms with Crippen molar-refractivity contribution in [1.82, 2.24) is 24.6 Å². The summed E-state index contributed by atoms with van der Waals surface area (Å²) < 4.78 is 18.3. The van der Waals surface area contributed by atoms with Gasteiger partial charge in [-0.15, -0.1) is 0 Å². The lowest BCUT2D eigenvalue weighted by Crippen LogP contribution is -2.54. The molecule has 3 aromatic rings. The highest BCUT2D eigenvalue weighted by Gasteiger charge is 2.32. The summed E-state index contributed by atoms with van der Waals surface area (Å²) in [7, 11) is 3.40. The first-order chi connectivity index (χ1) is 17.0. The molecule has 0 radical (unpaired) electrons. The average Bonchev–Trinajstić information content (AvgIpc) is 3.20. The zero-order chi connectivity index (χ0) is 24.4. The Morgan fingerprint density at radius 1 is 1.17 bits per heavy atom. The molecular weight excluding hydrogens is 450 g/mol. The maximum atomic E-state index is 12.6. The summed E-state index contributed by atoms with van der Waals surface area (Å²) in [4.78, 5) is 23.3. The largest absolute Gasteiger partial charge is 0.488 e. The number of amides is 1. The van der Waals surface area contributed by atoms with Crippen LogP contribution < -0.4 is 15.8 Å². The fraction of sp³-hybridized carbons (Fsp3) is 0.417. The fourth-order valence-electron chi connectivity index (χ4n) is 4.09. The summed E-state index contributed by atoms with van der Waals surface area (Å²) >= 11 is 0. The summed E-state index contributed by atoms with van der Waals surface area (Å²) in [5, 5.41) is 7.49. The van der Waals surface area contributed by atoms with Crippen molar-refractivity contribution in [2.45, 2.75) is 25.0 Å². The van der Waals surface area contributed by atoms with Crippen molar-refractivity contribution in [3.8, 4) is 17.0 Å². The molecule has 2 saturated heterocycles. The summed E-state index contributed by atoms with van der Waals surface area (Å²) in [5.74, 6) is 1.53. The second kappa shape index (κ2) is 9.88. The Morgan fingerprint density at radius 2 is 1.97 bits per heavy atom. The van der Waals surface area contributed by atoms with Gasteiger partial charge < -0.3 is 30.2 Å². The number of rotatable bonds is 7.